The SMILES string of the molecule is Cc1ccc(Br)cc1C1(N)CC(F)(F)C1. The van der Waals surface area contributed by atoms with Crippen LogP contribution in [-0.2, 0) is 5.54 Å². The van der Waals surface area contributed by atoms with Crippen molar-refractivity contribution in [2.75, 3.05) is 0 Å². The molecule has 1 aliphatic carbocycles. The molecule has 2 N–H and O–H groups in total. The molecule has 0 atom stereocenters. The van der Waals surface area contributed by atoms with Gasteiger partial charge in [-0.1, -0.05) is 22.0 Å². The van der Waals surface area contributed by atoms with Gasteiger partial charge in [-0.25, -0.2) is 8.78 Å². The average Bonchev–Trinajstić information content (AvgIpc) is 2.05. The fourth-order valence-corrected chi connectivity index (χ4v) is 2.55. The average molecular weight is 276 g/mol. The van der Waals surface area contributed by atoms with Gasteiger partial charge in [0.25, 0.3) is 5.92 Å². The van der Waals surface area contributed by atoms with Crippen LogP contribution in [0.15, 0.2) is 22.7 Å². The van der Waals surface area contributed by atoms with Crippen LogP contribution >= 0.6 is 15.9 Å². The maximum absolute atomic E-state index is 12.9. The fourth-order valence-electron chi connectivity index (χ4n) is 2.19. The molecule has 82 valence electrons. The summed E-state index contributed by atoms with van der Waals surface area (Å²) in [7, 11) is 0. The van der Waals surface area contributed by atoms with Gasteiger partial charge in [0.1, 0.15) is 0 Å². The zero-order valence-electron chi connectivity index (χ0n) is 8.36. The molecule has 0 heterocycles. The Morgan fingerprint density at radius 3 is 2.47 bits per heavy atom. The van der Waals surface area contributed by atoms with Gasteiger partial charge in [-0.15, -0.1) is 0 Å². The first-order valence-electron chi connectivity index (χ1n) is 4.76. The van der Waals surface area contributed by atoms with Crippen LogP contribution in [0.25, 0.3) is 0 Å². The first-order valence-corrected chi connectivity index (χ1v) is 5.55. The quantitative estimate of drug-likeness (QED) is 0.836. The highest BCUT2D eigenvalue weighted by Crippen LogP contribution is 2.50. The van der Waals surface area contributed by atoms with Crippen LogP contribution in [0.3, 0.4) is 0 Å². The number of aryl methyl sites for hydroxylation is 1. The van der Waals surface area contributed by atoms with Crippen LogP contribution in [0.5, 0.6) is 0 Å². The summed E-state index contributed by atoms with van der Waals surface area (Å²) in [5.74, 6) is -2.59. The number of benzene rings is 1. The molecule has 1 aromatic carbocycles. The van der Waals surface area contributed by atoms with Gasteiger partial charge in [0, 0.05) is 17.3 Å². The van der Waals surface area contributed by atoms with Gasteiger partial charge in [0.05, 0.1) is 5.54 Å². The summed E-state index contributed by atoms with van der Waals surface area (Å²) in [5, 5.41) is 0. The Hall–Kier alpha value is -0.480. The predicted molar refractivity (Wildman–Crippen MR) is 58.9 cm³/mol. The molecule has 0 unspecified atom stereocenters. The van der Waals surface area contributed by atoms with Gasteiger partial charge in [-0.05, 0) is 30.2 Å². The standard InChI is InChI=1S/C11H12BrF2N/c1-7-2-3-8(12)4-9(7)10(15)5-11(13,14)6-10/h2-4H,5-6,15H2,1H3. The molecule has 1 fully saturated rings. The number of nitrogens with two attached hydrogens (primary N) is 1. The van der Waals surface area contributed by atoms with Crippen molar-refractivity contribution in [2.24, 2.45) is 5.73 Å². The predicted octanol–water partition coefficient (Wildman–Crippen LogP) is 3.34. The van der Waals surface area contributed by atoms with Crippen molar-refractivity contribution < 1.29 is 8.78 Å². The maximum Gasteiger partial charge on any atom is 0.252 e. The molecule has 1 aromatic rings. The maximum atomic E-state index is 12.9. The summed E-state index contributed by atoms with van der Waals surface area (Å²) in [6, 6.07) is 5.62. The molecule has 0 bridgehead atoms. The molecule has 4 heteroatoms. The topological polar surface area (TPSA) is 26.0 Å². The second-order valence-electron chi connectivity index (χ2n) is 4.32. The number of hydrogen-bond donors (Lipinski definition) is 1. The third kappa shape index (κ3) is 1.93. The third-order valence-corrected chi connectivity index (χ3v) is 3.38. The second-order valence-corrected chi connectivity index (χ2v) is 5.24. The highest BCUT2D eigenvalue weighted by Gasteiger charge is 2.55. The lowest BCUT2D eigenvalue weighted by molar-refractivity contribution is -0.125. The molecule has 15 heavy (non-hydrogen) atoms. The highest BCUT2D eigenvalue weighted by atomic mass is 79.9. The van der Waals surface area contributed by atoms with E-state index in [1.807, 2.05) is 25.1 Å². The molecule has 0 aliphatic heterocycles. The van der Waals surface area contributed by atoms with Gasteiger partial charge >= 0.3 is 0 Å². The van der Waals surface area contributed by atoms with Gasteiger partial charge in [-0.3, -0.25) is 0 Å². The van der Waals surface area contributed by atoms with E-state index in [-0.39, 0.29) is 12.8 Å². The zero-order chi connectivity index (χ0) is 11.3. The molecule has 0 amide bonds. The van der Waals surface area contributed by atoms with E-state index in [1.54, 1.807) is 0 Å². The van der Waals surface area contributed by atoms with E-state index in [9.17, 15) is 8.78 Å². The van der Waals surface area contributed by atoms with Crippen LogP contribution in [-0.4, -0.2) is 5.92 Å². The van der Waals surface area contributed by atoms with E-state index in [2.05, 4.69) is 15.9 Å². The minimum absolute atomic E-state index is 0.253. The van der Waals surface area contributed by atoms with E-state index >= 15 is 0 Å². The van der Waals surface area contributed by atoms with Crippen molar-refractivity contribution in [1.82, 2.24) is 0 Å². The van der Waals surface area contributed by atoms with Crippen molar-refractivity contribution in [3.05, 3.63) is 33.8 Å². The van der Waals surface area contributed by atoms with E-state index in [4.69, 9.17) is 5.73 Å². The molecule has 0 aromatic heterocycles. The molecular formula is C11H12BrF2N. The summed E-state index contributed by atoms with van der Waals surface area (Å²) in [6.07, 6.45) is -0.505. The van der Waals surface area contributed by atoms with Crippen molar-refractivity contribution in [1.29, 1.82) is 0 Å². The molecule has 1 nitrogen and oxygen atoms in total. The second kappa shape index (κ2) is 3.25. The number of hydrogen-bond acceptors (Lipinski definition) is 1. The lowest BCUT2D eigenvalue weighted by Crippen LogP contribution is -2.55. The molecule has 0 saturated heterocycles. The molecular weight excluding hydrogens is 264 g/mol. The Morgan fingerprint density at radius 2 is 1.93 bits per heavy atom. The molecule has 0 radical (unpaired) electrons. The van der Waals surface area contributed by atoms with Crippen LogP contribution in [0.1, 0.15) is 24.0 Å². The Bertz CT molecular complexity index is 396. The first kappa shape index (κ1) is 11.0. The van der Waals surface area contributed by atoms with Gasteiger partial charge in [0.15, 0.2) is 0 Å². The van der Waals surface area contributed by atoms with Crippen molar-refractivity contribution in [2.45, 2.75) is 31.2 Å². The summed E-state index contributed by atoms with van der Waals surface area (Å²) in [5.41, 5.74) is 6.91. The van der Waals surface area contributed by atoms with E-state index in [0.29, 0.717) is 0 Å². The Morgan fingerprint density at radius 1 is 1.33 bits per heavy atom. The van der Waals surface area contributed by atoms with E-state index in [1.165, 1.54) is 0 Å². The van der Waals surface area contributed by atoms with E-state index in [0.717, 1.165) is 15.6 Å². The van der Waals surface area contributed by atoms with Crippen LogP contribution in [0, 0.1) is 6.92 Å². The van der Waals surface area contributed by atoms with Crippen LogP contribution < -0.4 is 5.73 Å². The van der Waals surface area contributed by atoms with Crippen molar-refractivity contribution >= 4 is 15.9 Å². The summed E-state index contributed by atoms with van der Waals surface area (Å²) in [4.78, 5) is 0. The minimum atomic E-state index is -2.59. The van der Waals surface area contributed by atoms with Crippen LogP contribution in [0.4, 0.5) is 8.78 Å². The first-order chi connectivity index (χ1) is 6.82. The molecule has 1 aliphatic rings. The van der Waals surface area contributed by atoms with Crippen molar-refractivity contribution in [3.63, 3.8) is 0 Å². The van der Waals surface area contributed by atoms with Gasteiger partial charge in [-0.2, -0.15) is 0 Å². The molecule has 0 spiro atoms. The zero-order valence-corrected chi connectivity index (χ0v) is 9.94. The molecule has 1 saturated carbocycles. The van der Waals surface area contributed by atoms with Gasteiger partial charge < -0.3 is 5.73 Å². The highest BCUT2D eigenvalue weighted by molar-refractivity contribution is 9.10. The lowest BCUT2D eigenvalue weighted by Gasteiger charge is -2.45. The normalized spacial score (nSPS) is 22.2. The summed E-state index contributed by atoms with van der Waals surface area (Å²) >= 11 is 3.33. The Kier molecular flexibility index (Phi) is 2.39. The monoisotopic (exact) mass is 275 g/mol. The smallest absolute Gasteiger partial charge is 0.252 e. The van der Waals surface area contributed by atoms with Gasteiger partial charge in [0.2, 0.25) is 0 Å². The summed E-state index contributed by atoms with van der Waals surface area (Å²) in [6.45, 7) is 1.90. The largest absolute Gasteiger partial charge is 0.321 e. The number of rotatable bonds is 1. The fraction of sp³-hybridized carbons (Fsp3) is 0.455. The summed E-state index contributed by atoms with van der Waals surface area (Å²) < 4.78 is 26.6. The molecule has 2 rings (SSSR count). The lowest BCUT2D eigenvalue weighted by atomic mass is 9.69. The third-order valence-electron chi connectivity index (χ3n) is 2.88. The number of alkyl halides is 2. The Balaban J connectivity index is 2.35. The van der Waals surface area contributed by atoms with Crippen molar-refractivity contribution in [3.8, 4) is 0 Å². The number of halogens is 3. The minimum Gasteiger partial charge on any atom is -0.321 e. The van der Waals surface area contributed by atoms with Crippen LogP contribution in [0.2, 0.25) is 0 Å². The Labute approximate surface area is 95.8 Å². The van der Waals surface area contributed by atoms with E-state index < -0.39 is 11.5 Å².